The number of hydrogen-bond acceptors (Lipinski definition) is 4. The molecule has 0 aliphatic rings. The molecule has 0 saturated carbocycles. The molecule has 0 N–H and O–H groups in total. The number of halogens is 1. The highest BCUT2D eigenvalue weighted by Gasteiger charge is 2.04. The van der Waals surface area contributed by atoms with E-state index in [1.165, 1.54) is 5.56 Å². The van der Waals surface area contributed by atoms with Crippen LogP contribution in [0, 0.1) is 0 Å². The van der Waals surface area contributed by atoms with E-state index in [1.54, 1.807) is 11.8 Å². The summed E-state index contributed by atoms with van der Waals surface area (Å²) in [6, 6.07) is 8.21. The lowest BCUT2D eigenvalue weighted by atomic mass is 10.2. The third-order valence-electron chi connectivity index (χ3n) is 2.03. The molecule has 0 unspecified atom stereocenters. The van der Waals surface area contributed by atoms with Crippen molar-refractivity contribution in [3.8, 4) is 0 Å². The number of hydrogen-bond donors (Lipinski definition) is 0. The Bertz CT molecular complexity index is 455. The molecule has 0 aliphatic carbocycles. The van der Waals surface area contributed by atoms with E-state index in [9.17, 15) is 0 Å². The Balaban J connectivity index is 1.94. The lowest BCUT2D eigenvalue weighted by molar-refractivity contribution is 0.417. The van der Waals surface area contributed by atoms with Crippen molar-refractivity contribution >= 4 is 27.7 Å². The Morgan fingerprint density at radius 1 is 1.25 bits per heavy atom. The number of rotatable bonds is 4. The minimum absolute atomic E-state index is 0.639. The summed E-state index contributed by atoms with van der Waals surface area (Å²) in [6.45, 7) is 2.00. The smallest absolute Gasteiger partial charge is 0.276 e. The first kappa shape index (κ1) is 11.7. The fraction of sp³-hybridized carbons (Fsp3) is 0.273. The van der Waals surface area contributed by atoms with Crippen molar-refractivity contribution < 1.29 is 4.42 Å². The van der Waals surface area contributed by atoms with Crippen molar-refractivity contribution in [1.82, 2.24) is 10.2 Å². The van der Waals surface area contributed by atoms with Crippen LogP contribution in [0.1, 0.15) is 18.4 Å². The Hall–Kier alpha value is -0.810. The molecule has 0 amide bonds. The topological polar surface area (TPSA) is 38.9 Å². The SMILES string of the molecule is CCc1nnc(SCc2ccc(Br)cc2)o1. The summed E-state index contributed by atoms with van der Waals surface area (Å²) in [5.41, 5.74) is 1.24. The standard InChI is InChI=1S/C11H11BrN2OS/c1-2-10-13-14-11(15-10)16-7-8-3-5-9(12)6-4-8/h3-6H,2,7H2,1H3. The van der Waals surface area contributed by atoms with Gasteiger partial charge in [0.25, 0.3) is 5.22 Å². The predicted octanol–water partition coefficient (Wildman–Crippen LogP) is 3.69. The third kappa shape index (κ3) is 3.09. The second-order valence-electron chi connectivity index (χ2n) is 3.23. The summed E-state index contributed by atoms with van der Waals surface area (Å²) in [5, 5.41) is 8.51. The zero-order valence-corrected chi connectivity index (χ0v) is 11.2. The van der Waals surface area contributed by atoms with Crippen molar-refractivity contribution in [3.63, 3.8) is 0 Å². The summed E-state index contributed by atoms with van der Waals surface area (Å²) in [7, 11) is 0. The molecule has 1 aromatic heterocycles. The van der Waals surface area contributed by atoms with Crippen molar-refractivity contribution in [2.75, 3.05) is 0 Å². The van der Waals surface area contributed by atoms with E-state index in [0.29, 0.717) is 11.1 Å². The third-order valence-corrected chi connectivity index (χ3v) is 3.44. The Labute approximate surface area is 107 Å². The van der Waals surface area contributed by atoms with Crippen molar-refractivity contribution in [2.24, 2.45) is 0 Å². The summed E-state index contributed by atoms with van der Waals surface area (Å²) in [5.74, 6) is 1.54. The van der Waals surface area contributed by atoms with Crippen LogP contribution in [-0.2, 0) is 12.2 Å². The van der Waals surface area contributed by atoms with Crippen LogP contribution >= 0.6 is 27.7 Å². The van der Waals surface area contributed by atoms with Gasteiger partial charge in [-0.05, 0) is 17.7 Å². The molecule has 0 atom stereocenters. The van der Waals surface area contributed by atoms with Gasteiger partial charge < -0.3 is 4.42 Å². The molecule has 2 aromatic rings. The Kier molecular flexibility index (Phi) is 4.01. The molecule has 0 bridgehead atoms. The van der Waals surface area contributed by atoms with Gasteiger partial charge in [-0.15, -0.1) is 10.2 Å². The average Bonchev–Trinajstić information content (AvgIpc) is 2.76. The normalized spacial score (nSPS) is 10.6. The van der Waals surface area contributed by atoms with Crippen LogP contribution in [0.4, 0.5) is 0 Å². The van der Waals surface area contributed by atoms with Crippen LogP contribution in [0.25, 0.3) is 0 Å². The van der Waals surface area contributed by atoms with Crippen molar-refractivity contribution in [3.05, 3.63) is 40.2 Å². The van der Waals surface area contributed by atoms with Crippen LogP contribution in [0.5, 0.6) is 0 Å². The number of nitrogens with zero attached hydrogens (tertiary/aromatic N) is 2. The van der Waals surface area contributed by atoms with Crippen LogP contribution < -0.4 is 0 Å². The maximum Gasteiger partial charge on any atom is 0.276 e. The van der Waals surface area contributed by atoms with Crippen LogP contribution in [-0.4, -0.2) is 10.2 Å². The molecule has 1 aromatic carbocycles. The molecular formula is C11H11BrN2OS. The first-order valence-corrected chi connectivity index (χ1v) is 6.75. The number of aromatic nitrogens is 2. The Morgan fingerprint density at radius 2 is 2.00 bits per heavy atom. The van der Waals surface area contributed by atoms with Gasteiger partial charge in [0.2, 0.25) is 5.89 Å². The minimum Gasteiger partial charge on any atom is -0.416 e. The molecule has 2 rings (SSSR count). The first-order chi connectivity index (χ1) is 7.78. The zero-order chi connectivity index (χ0) is 11.4. The van der Waals surface area contributed by atoms with E-state index in [1.807, 2.05) is 19.1 Å². The minimum atomic E-state index is 0.639. The van der Waals surface area contributed by atoms with Crippen molar-refractivity contribution in [1.29, 1.82) is 0 Å². The van der Waals surface area contributed by atoms with Gasteiger partial charge >= 0.3 is 0 Å². The molecule has 1 heterocycles. The number of aryl methyl sites for hydroxylation is 1. The van der Waals surface area contributed by atoms with Crippen LogP contribution in [0.3, 0.4) is 0 Å². The molecule has 0 aliphatic heterocycles. The first-order valence-electron chi connectivity index (χ1n) is 4.97. The Morgan fingerprint density at radius 3 is 2.62 bits per heavy atom. The molecule has 0 fully saturated rings. The van der Waals surface area contributed by atoms with Gasteiger partial charge in [-0.2, -0.15) is 0 Å². The lowest BCUT2D eigenvalue weighted by Crippen LogP contribution is -1.80. The van der Waals surface area contributed by atoms with E-state index < -0.39 is 0 Å². The van der Waals surface area contributed by atoms with Crippen molar-refractivity contribution in [2.45, 2.75) is 24.3 Å². The van der Waals surface area contributed by atoms with Gasteiger partial charge in [0.05, 0.1) is 0 Å². The quantitative estimate of drug-likeness (QED) is 0.807. The second-order valence-corrected chi connectivity index (χ2v) is 5.07. The molecule has 0 saturated heterocycles. The van der Waals surface area contributed by atoms with Gasteiger partial charge in [-0.3, -0.25) is 0 Å². The van der Waals surface area contributed by atoms with E-state index in [4.69, 9.17) is 4.42 Å². The van der Waals surface area contributed by atoms with Gasteiger partial charge in [0.15, 0.2) is 0 Å². The number of thioether (sulfide) groups is 1. The molecule has 84 valence electrons. The maximum absolute atomic E-state index is 5.41. The highest BCUT2D eigenvalue weighted by Crippen LogP contribution is 2.22. The van der Waals surface area contributed by atoms with E-state index in [2.05, 4.69) is 38.3 Å². The highest BCUT2D eigenvalue weighted by atomic mass is 79.9. The lowest BCUT2D eigenvalue weighted by Gasteiger charge is -1.97. The summed E-state index contributed by atoms with van der Waals surface area (Å²) in [6.07, 6.45) is 0.784. The molecule has 0 spiro atoms. The summed E-state index contributed by atoms with van der Waals surface area (Å²) < 4.78 is 6.50. The predicted molar refractivity (Wildman–Crippen MR) is 67.4 cm³/mol. The fourth-order valence-corrected chi connectivity index (χ4v) is 2.17. The van der Waals surface area contributed by atoms with Crippen LogP contribution in [0.15, 0.2) is 38.4 Å². The van der Waals surface area contributed by atoms with E-state index >= 15 is 0 Å². The van der Waals surface area contributed by atoms with Gasteiger partial charge in [0.1, 0.15) is 0 Å². The van der Waals surface area contributed by atoms with Gasteiger partial charge in [0, 0.05) is 16.6 Å². The molecule has 16 heavy (non-hydrogen) atoms. The average molecular weight is 299 g/mol. The molecule has 3 nitrogen and oxygen atoms in total. The summed E-state index contributed by atoms with van der Waals surface area (Å²) in [4.78, 5) is 0. The second kappa shape index (κ2) is 5.50. The number of benzene rings is 1. The molecule has 5 heteroatoms. The van der Waals surface area contributed by atoms with Gasteiger partial charge in [-0.25, -0.2) is 0 Å². The zero-order valence-electron chi connectivity index (χ0n) is 8.81. The molecular weight excluding hydrogens is 288 g/mol. The van der Waals surface area contributed by atoms with Gasteiger partial charge in [-0.1, -0.05) is 46.7 Å². The largest absolute Gasteiger partial charge is 0.416 e. The monoisotopic (exact) mass is 298 g/mol. The highest BCUT2D eigenvalue weighted by molar-refractivity contribution is 9.10. The van der Waals surface area contributed by atoms with Crippen LogP contribution in [0.2, 0.25) is 0 Å². The van der Waals surface area contributed by atoms with E-state index in [0.717, 1.165) is 16.6 Å². The molecule has 0 radical (unpaired) electrons. The van der Waals surface area contributed by atoms with E-state index in [-0.39, 0.29) is 0 Å². The maximum atomic E-state index is 5.41. The fourth-order valence-electron chi connectivity index (χ4n) is 1.17. The summed E-state index contributed by atoms with van der Waals surface area (Å²) >= 11 is 4.97.